The zero-order valence-electron chi connectivity index (χ0n) is 11.1. The highest BCUT2D eigenvalue weighted by Crippen LogP contribution is 2.14. The molecule has 2 rings (SSSR count). The number of piperazine rings is 1. The lowest BCUT2D eigenvalue weighted by Gasteiger charge is -2.33. The summed E-state index contributed by atoms with van der Waals surface area (Å²) in [4.78, 5) is 26.0. The van der Waals surface area contributed by atoms with Crippen molar-refractivity contribution in [2.24, 2.45) is 0 Å². The van der Waals surface area contributed by atoms with Crippen molar-refractivity contribution < 1.29 is 14.7 Å². The standard InChI is InChI=1S/C14H17BrN2O3/c15-12-3-1-2-11(10-12)4-5-13(18)16-6-8-17(9-7-16)14(19)20/h1-3,10H,4-9H2,(H,19,20). The Balaban J connectivity index is 1.80. The van der Waals surface area contributed by atoms with Crippen LogP contribution in [-0.4, -0.2) is 53.1 Å². The van der Waals surface area contributed by atoms with Gasteiger partial charge >= 0.3 is 6.09 Å². The summed E-state index contributed by atoms with van der Waals surface area (Å²) in [6.45, 7) is 1.78. The molecule has 0 aliphatic carbocycles. The average molecular weight is 341 g/mol. The molecule has 1 aromatic carbocycles. The minimum Gasteiger partial charge on any atom is -0.465 e. The highest BCUT2D eigenvalue weighted by atomic mass is 79.9. The molecular formula is C14H17BrN2O3. The number of carbonyl (C=O) groups excluding carboxylic acids is 1. The first kappa shape index (κ1) is 14.8. The van der Waals surface area contributed by atoms with E-state index in [1.54, 1.807) is 4.90 Å². The van der Waals surface area contributed by atoms with E-state index in [2.05, 4.69) is 15.9 Å². The summed E-state index contributed by atoms with van der Waals surface area (Å²) < 4.78 is 1.01. The highest BCUT2D eigenvalue weighted by molar-refractivity contribution is 9.10. The van der Waals surface area contributed by atoms with Crippen LogP contribution in [-0.2, 0) is 11.2 Å². The lowest BCUT2D eigenvalue weighted by atomic mass is 10.1. The monoisotopic (exact) mass is 340 g/mol. The fourth-order valence-electron chi connectivity index (χ4n) is 2.25. The van der Waals surface area contributed by atoms with Crippen LogP contribution in [0.1, 0.15) is 12.0 Å². The second-order valence-corrected chi connectivity index (χ2v) is 5.70. The number of rotatable bonds is 3. The number of amides is 2. The summed E-state index contributed by atoms with van der Waals surface area (Å²) in [6, 6.07) is 7.92. The van der Waals surface area contributed by atoms with Crippen LogP contribution in [0.15, 0.2) is 28.7 Å². The molecular weight excluding hydrogens is 324 g/mol. The fraction of sp³-hybridized carbons (Fsp3) is 0.429. The third kappa shape index (κ3) is 3.96. The largest absolute Gasteiger partial charge is 0.465 e. The van der Waals surface area contributed by atoms with Crippen molar-refractivity contribution in [2.45, 2.75) is 12.8 Å². The van der Waals surface area contributed by atoms with Crippen LogP contribution in [0.3, 0.4) is 0 Å². The van der Waals surface area contributed by atoms with E-state index in [1.165, 1.54) is 4.90 Å². The van der Waals surface area contributed by atoms with E-state index in [1.807, 2.05) is 24.3 Å². The zero-order chi connectivity index (χ0) is 14.5. The number of carbonyl (C=O) groups is 2. The molecule has 1 fully saturated rings. The van der Waals surface area contributed by atoms with E-state index in [9.17, 15) is 9.59 Å². The van der Waals surface area contributed by atoms with E-state index >= 15 is 0 Å². The Labute approximate surface area is 126 Å². The van der Waals surface area contributed by atoms with Crippen molar-refractivity contribution in [3.05, 3.63) is 34.3 Å². The maximum absolute atomic E-state index is 12.1. The van der Waals surface area contributed by atoms with Gasteiger partial charge in [0.25, 0.3) is 0 Å². The van der Waals surface area contributed by atoms with Gasteiger partial charge in [-0.2, -0.15) is 0 Å². The first-order chi connectivity index (χ1) is 9.56. The van der Waals surface area contributed by atoms with Crippen molar-refractivity contribution in [1.29, 1.82) is 0 Å². The highest BCUT2D eigenvalue weighted by Gasteiger charge is 2.23. The van der Waals surface area contributed by atoms with Gasteiger partial charge in [0.2, 0.25) is 5.91 Å². The van der Waals surface area contributed by atoms with Crippen LogP contribution in [0.5, 0.6) is 0 Å². The summed E-state index contributed by atoms with van der Waals surface area (Å²) in [7, 11) is 0. The zero-order valence-corrected chi connectivity index (χ0v) is 12.7. The first-order valence-electron chi connectivity index (χ1n) is 6.56. The van der Waals surface area contributed by atoms with E-state index in [-0.39, 0.29) is 5.91 Å². The lowest BCUT2D eigenvalue weighted by molar-refractivity contribution is -0.132. The van der Waals surface area contributed by atoms with Gasteiger partial charge in [-0.3, -0.25) is 4.79 Å². The second-order valence-electron chi connectivity index (χ2n) is 4.78. The van der Waals surface area contributed by atoms with Crippen molar-refractivity contribution in [2.75, 3.05) is 26.2 Å². The van der Waals surface area contributed by atoms with Crippen molar-refractivity contribution in [3.63, 3.8) is 0 Å². The quantitative estimate of drug-likeness (QED) is 0.917. The molecule has 1 heterocycles. The minimum atomic E-state index is -0.911. The van der Waals surface area contributed by atoms with Gasteiger partial charge in [-0.25, -0.2) is 4.79 Å². The van der Waals surface area contributed by atoms with Gasteiger partial charge in [0.15, 0.2) is 0 Å². The van der Waals surface area contributed by atoms with Gasteiger partial charge < -0.3 is 14.9 Å². The molecule has 1 aromatic rings. The van der Waals surface area contributed by atoms with Crippen LogP contribution in [0, 0.1) is 0 Å². The summed E-state index contributed by atoms with van der Waals surface area (Å²) in [5.41, 5.74) is 1.12. The number of nitrogens with zero attached hydrogens (tertiary/aromatic N) is 2. The Hall–Kier alpha value is -1.56. The van der Waals surface area contributed by atoms with Crippen LogP contribution < -0.4 is 0 Å². The molecule has 1 aliphatic heterocycles. The Kier molecular flexibility index (Phi) is 5.00. The maximum Gasteiger partial charge on any atom is 0.407 e. The van der Waals surface area contributed by atoms with E-state index in [0.717, 1.165) is 10.0 Å². The summed E-state index contributed by atoms with van der Waals surface area (Å²) >= 11 is 3.41. The minimum absolute atomic E-state index is 0.0926. The molecule has 20 heavy (non-hydrogen) atoms. The van der Waals surface area contributed by atoms with Crippen molar-refractivity contribution in [1.82, 2.24) is 9.80 Å². The molecule has 108 valence electrons. The average Bonchev–Trinajstić information content (AvgIpc) is 2.45. The van der Waals surface area contributed by atoms with Crippen molar-refractivity contribution in [3.8, 4) is 0 Å². The van der Waals surface area contributed by atoms with Gasteiger partial charge in [0.1, 0.15) is 0 Å². The summed E-state index contributed by atoms with van der Waals surface area (Å²) in [5.74, 6) is 0.0926. The molecule has 0 aromatic heterocycles. The topological polar surface area (TPSA) is 60.9 Å². The van der Waals surface area contributed by atoms with Crippen molar-refractivity contribution >= 4 is 27.9 Å². The van der Waals surface area contributed by atoms with E-state index in [0.29, 0.717) is 39.0 Å². The number of benzene rings is 1. The molecule has 0 atom stereocenters. The number of halogens is 1. The normalized spacial score (nSPS) is 15.2. The number of carboxylic acid groups (broad SMARTS) is 1. The number of hydrogen-bond donors (Lipinski definition) is 1. The lowest BCUT2D eigenvalue weighted by Crippen LogP contribution is -2.50. The third-order valence-corrected chi connectivity index (χ3v) is 3.91. The third-order valence-electron chi connectivity index (χ3n) is 3.42. The number of aryl methyl sites for hydroxylation is 1. The van der Waals surface area contributed by atoms with Gasteiger partial charge in [0.05, 0.1) is 0 Å². The Bertz CT molecular complexity index is 499. The number of hydrogen-bond acceptors (Lipinski definition) is 2. The van der Waals surface area contributed by atoms with Crippen LogP contribution in [0.2, 0.25) is 0 Å². The van der Waals surface area contributed by atoms with Gasteiger partial charge in [0, 0.05) is 37.1 Å². The van der Waals surface area contributed by atoms with Gasteiger partial charge in [-0.15, -0.1) is 0 Å². The van der Waals surface area contributed by atoms with Gasteiger partial charge in [-0.1, -0.05) is 28.1 Å². The molecule has 2 amide bonds. The van der Waals surface area contributed by atoms with E-state index in [4.69, 9.17) is 5.11 Å². The Morgan fingerprint density at radius 2 is 1.80 bits per heavy atom. The van der Waals surface area contributed by atoms with E-state index < -0.39 is 6.09 Å². The maximum atomic E-state index is 12.1. The molecule has 0 unspecified atom stereocenters. The Morgan fingerprint density at radius 3 is 2.40 bits per heavy atom. The molecule has 5 nitrogen and oxygen atoms in total. The summed E-state index contributed by atoms with van der Waals surface area (Å²) in [6.07, 6.45) is 0.257. The first-order valence-corrected chi connectivity index (χ1v) is 7.35. The van der Waals surface area contributed by atoms with Crippen LogP contribution in [0.25, 0.3) is 0 Å². The summed E-state index contributed by atoms with van der Waals surface area (Å²) in [5, 5.41) is 8.86. The molecule has 0 saturated carbocycles. The fourth-order valence-corrected chi connectivity index (χ4v) is 2.70. The second kappa shape index (κ2) is 6.74. The van der Waals surface area contributed by atoms with Crippen LogP contribution in [0.4, 0.5) is 4.79 Å². The molecule has 0 spiro atoms. The Morgan fingerprint density at radius 1 is 1.15 bits per heavy atom. The smallest absolute Gasteiger partial charge is 0.407 e. The molecule has 1 aliphatic rings. The SMILES string of the molecule is O=C(O)N1CCN(C(=O)CCc2cccc(Br)c2)CC1. The molecule has 1 N–H and O–H groups in total. The predicted molar refractivity (Wildman–Crippen MR) is 78.6 cm³/mol. The molecule has 6 heteroatoms. The predicted octanol–water partition coefficient (Wildman–Crippen LogP) is 2.20. The molecule has 0 radical (unpaired) electrons. The van der Waals surface area contributed by atoms with Crippen LogP contribution >= 0.6 is 15.9 Å². The molecule has 1 saturated heterocycles. The van der Waals surface area contributed by atoms with Gasteiger partial charge in [-0.05, 0) is 24.1 Å². The molecule has 0 bridgehead atoms.